The highest BCUT2D eigenvalue weighted by Gasteiger charge is 2.30. The van der Waals surface area contributed by atoms with E-state index in [1.54, 1.807) is 18.3 Å². The quantitative estimate of drug-likeness (QED) is 0.852. The predicted octanol–water partition coefficient (Wildman–Crippen LogP) is 3.39. The summed E-state index contributed by atoms with van der Waals surface area (Å²) in [5, 5.41) is 7.46. The van der Waals surface area contributed by atoms with E-state index in [1.807, 2.05) is 0 Å². The highest BCUT2D eigenvalue weighted by molar-refractivity contribution is 5.36. The minimum Gasteiger partial charge on any atom is -0.311 e. The molecule has 0 amide bonds. The number of alkyl halides is 3. The largest absolute Gasteiger partial charge is 0.416 e. The number of nitrogens with zero attached hydrogens (tertiary/aromatic N) is 2. The summed E-state index contributed by atoms with van der Waals surface area (Å²) in [5.74, 6) is 0. The van der Waals surface area contributed by atoms with E-state index in [1.165, 1.54) is 10.7 Å². The third-order valence-electron chi connectivity index (χ3n) is 2.82. The van der Waals surface area contributed by atoms with E-state index in [9.17, 15) is 13.2 Å². The van der Waals surface area contributed by atoms with Gasteiger partial charge in [-0.2, -0.15) is 18.3 Å². The fourth-order valence-corrected chi connectivity index (χ4v) is 1.82. The van der Waals surface area contributed by atoms with Crippen LogP contribution in [0.15, 0.2) is 36.5 Å². The molecule has 3 nitrogen and oxygen atoms in total. The van der Waals surface area contributed by atoms with Crippen molar-refractivity contribution in [3.8, 4) is 5.69 Å². The Morgan fingerprint density at radius 3 is 2.75 bits per heavy atom. The maximum Gasteiger partial charge on any atom is 0.416 e. The molecule has 0 aliphatic carbocycles. The lowest BCUT2D eigenvalue weighted by Crippen LogP contribution is -2.14. The van der Waals surface area contributed by atoms with Crippen LogP contribution in [-0.4, -0.2) is 16.3 Å². The van der Waals surface area contributed by atoms with E-state index in [0.717, 1.165) is 30.8 Å². The number of halogens is 3. The molecular formula is C14H16F3N3. The number of aromatic nitrogens is 2. The van der Waals surface area contributed by atoms with Crippen molar-refractivity contribution in [1.29, 1.82) is 0 Å². The van der Waals surface area contributed by atoms with Gasteiger partial charge in [0.1, 0.15) is 0 Å². The molecule has 6 heteroatoms. The highest BCUT2D eigenvalue weighted by Crippen LogP contribution is 2.30. The summed E-state index contributed by atoms with van der Waals surface area (Å²) in [6.45, 7) is 3.56. The molecule has 0 saturated carbocycles. The molecule has 108 valence electrons. The molecule has 0 atom stereocenters. The maximum absolute atomic E-state index is 12.7. The van der Waals surface area contributed by atoms with Crippen LogP contribution < -0.4 is 5.32 Å². The number of nitrogens with one attached hydrogen (secondary N) is 1. The molecular weight excluding hydrogens is 267 g/mol. The fourth-order valence-electron chi connectivity index (χ4n) is 1.82. The molecule has 0 aliphatic heterocycles. The lowest BCUT2D eigenvalue weighted by atomic mass is 10.2. The van der Waals surface area contributed by atoms with E-state index < -0.39 is 11.7 Å². The summed E-state index contributed by atoms with van der Waals surface area (Å²) in [6, 6.07) is 6.93. The molecule has 20 heavy (non-hydrogen) atoms. The van der Waals surface area contributed by atoms with Gasteiger partial charge < -0.3 is 5.32 Å². The van der Waals surface area contributed by atoms with Gasteiger partial charge in [0.2, 0.25) is 0 Å². The lowest BCUT2D eigenvalue weighted by Gasteiger charge is -2.08. The van der Waals surface area contributed by atoms with Crippen LogP contribution in [0.25, 0.3) is 5.69 Å². The second-order valence-corrected chi connectivity index (χ2v) is 4.48. The van der Waals surface area contributed by atoms with Crippen LogP contribution in [0.2, 0.25) is 0 Å². The summed E-state index contributed by atoms with van der Waals surface area (Å²) in [4.78, 5) is 0. The normalized spacial score (nSPS) is 11.8. The van der Waals surface area contributed by atoms with Gasteiger partial charge in [-0.15, -0.1) is 0 Å². The average molecular weight is 283 g/mol. The van der Waals surface area contributed by atoms with Gasteiger partial charge in [0.15, 0.2) is 0 Å². The summed E-state index contributed by atoms with van der Waals surface area (Å²) < 4.78 is 39.4. The van der Waals surface area contributed by atoms with Gasteiger partial charge in [-0.3, -0.25) is 0 Å². The van der Waals surface area contributed by atoms with Gasteiger partial charge >= 0.3 is 6.18 Å². The van der Waals surface area contributed by atoms with Gasteiger partial charge in [-0.05, 0) is 37.2 Å². The van der Waals surface area contributed by atoms with Crippen molar-refractivity contribution in [2.75, 3.05) is 6.54 Å². The third-order valence-corrected chi connectivity index (χ3v) is 2.82. The monoisotopic (exact) mass is 283 g/mol. The van der Waals surface area contributed by atoms with E-state index in [-0.39, 0.29) is 0 Å². The van der Waals surface area contributed by atoms with Crippen molar-refractivity contribution in [2.45, 2.75) is 26.1 Å². The average Bonchev–Trinajstić information content (AvgIpc) is 2.87. The standard InChI is InChI=1S/C14H16F3N3/c1-2-7-18-10-12-6-8-20(19-12)13-5-3-4-11(9-13)14(15,16)17/h3-6,8-9,18H,2,7,10H2,1H3. The maximum atomic E-state index is 12.7. The molecule has 0 fully saturated rings. The van der Waals surface area contributed by atoms with Gasteiger partial charge in [-0.1, -0.05) is 13.0 Å². The van der Waals surface area contributed by atoms with Crippen molar-refractivity contribution in [3.05, 3.63) is 47.8 Å². The molecule has 0 spiro atoms. The molecule has 1 N–H and O–H groups in total. The molecule has 1 aromatic carbocycles. The highest BCUT2D eigenvalue weighted by atomic mass is 19.4. The zero-order valence-corrected chi connectivity index (χ0v) is 11.1. The van der Waals surface area contributed by atoms with Gasteiger partial charge in [-0.25, -0.2) is 4.68 Å². The van der Waals surface area contributed by atoms with Gasteiger partial charge in [0, 0.05) is 12.7 Å². The van der Waals surface area contributed by atoms with Gasteiger partial charge in [0.25, 0.3) is 0 Å². The molecule has 0 unspecified atom stereocenters. The minimum absolute atomic E-state index is 0.404. The van der Waals surface area contributed by atoms with Crippen LogP contribution in [0.5, 0.6) is 0 Å². The first-order chi connectivity index (χ1) is 9.50. The molecule has 2 aromatic rings. The minimum atomic E-state index is -4.34. The molecule has 0 radical (unpaired) electrons. The van der Waals surface area contributed by atoms with Gasteiger partial charge in [0.05, 0.1) is 16.9 Å². The first kappa shape index (κ1) is 14.6. The first-order valence-corrected chi connectivity index (χ1v) is 6.43. The Morgan fingerprint density at radius 1 is 1.25 bits per heavy atom. The SMILES string of the molecule is CCCNCc1ccn(-c2cccc(C(F)(F)F)c2)n1. The second kappa shape index (κ2) is 6.09. The fraction of sp³-hybridized carbons (Fsp3) is 0.357. The summed E-state index contributed by atoms with van der Waals surface area (Å²) in [6.07, 6.45) is -1.65. The number of hydrogen-bond acceptors (Lipinski definition) is 2. The third kappa shape index (κ3) is 3.60. The van der Waals surface area contributed by atoms with Crippen molar-refractivity contribution >= 4 is 0 Å². The van der Waals surface area contributed by atoms with Crippen molar-refractivity contribution in [1.82, 2.24) is 15.1 Å². The summed E-state index contributed by atoms with van der Waals surface area (Å²) >= 11 is 0. The van der Waals surface area contributed by atoms with E-state index in [2.05, 4.69) is 17.3 Å². The smallest absolute Gasteiger partial charge is 0.311 e. The second-order valence-electron chi connectivity index (χ2n) is 4.48. The zero-order chi connectivity index (χ0) is 14.6. The molecule has 0 aliphatic rings. The lowest BCUT2D eigenvalue weighted by molar-refractivity contribution is -0.137. The number of hydrogen-bond donors (Lipinski definition) is 1. The Hall–Kier alpha value is -1.82. The molecule has 0 saturated heterocycles. The zero-order valence-electron chi connectivity index (χ0n) is 11.1. The van der Waals surface area contributed by atoms with Crippen LogP contribution in [0.4, 0.5) is 13.2 Å². The first-order valence-electron chi connectivity index (χ1n) is 6.43. The van der Waals surface area contributed by atoms with Crippen LogP contribution in [-0.2, 0) is 12.7 Å². The van der Waals surface area contributed by atoms with Crippen molar-refractivity contribution < 1.29 is 13.2 Å². The number of rotatable bonds is 5. The van der Waals surface area contributed by atoms with E-state index in [0.29, 0.717) is 12.2 Å². The van der Waals surface area contributed by atoms with E-state index >= 15 is 0 Å². The summed E-state index contributed by atoms with van der Waals surface area (Å²) in [5.41, 5.74) is 0.536. The van der Waals surface area contributed by atoms with Crippen LogP contribution in [0, 0.1) is 0 Å². The Kier molecular flexibility index (Phi) is 4.44. The Balaban J connectivity index is 2.16. The van der Waals surface area contributed by atoms with Crippen molar-refractivity contribution in [2.24, 2.45) is 0 Å². The summed E-state index contributed by atoms with van der Waals surface area (Å²) in [7, 11) is 0. The van der Waals surface area contributed by atoms with Crippen molar-refractivity contribution in [3.63, 3.8) is 0 Å². The molecule has 2 rings (SSSR count). The Bertz CT molecular complexity index is 561. The van der Waals surface area contributed by atoms with E-state index in [4.69, 9.17) is 0 Å². The topological polar surface area (TPSA) is 29.9 Å². The van der Waals surface area contributed by atoms with Crippen LogP contribution in [0.3, 0.4) is 0 Å². The predicted molar refractivity (Wildman–Crippen MR) is 70.6 cm³/mol. The molecule has 1 heterocycles. The molecule has 0 bridgehead atoms. The Morgan fingerprint density at radius 2 is 2.05 bits per heavy atom. The number of benzene rings is 1. The Labute approximate surface area is 115 Å². The molecule has 1 aromatic heterocycles. The van der Waals surface area contributed by atoms with Crippen LogP contribution in [0.1, 0.15) is 24.6 Å². The van der Waals surface area contributed by atoms with Crippen LogP contribution >= 0.6 is 0 Å².